The van der Waals surface area contributed by atoms with Crippen molar-refractivity contribution >= 4 is 11.7 Å². The van der Waals surface area contributed by atoms with Crippen LogP contribution in [-0.4, -0.2) is 46.9 Å². The highest BCUT2D eigenvalue weighted by Crippen LogP contribution is 2.22. The Kier molecular flexibility index (Phi) is 5.40. The summed E-state index contributed by atoms with van der Waals surface area (Å²) in [5, 5.41) is 4.25. The monoisotopic (exact) mass is 280 g/mol. The Balaban J connectivity index is 1.72. The Morgan fingerprint density at radius 3 is 2.85 bits per heavy atom. The Morgan fingerprint density at radius 2 is 2.25 bits per heavy atom. The number of amides is 1. The Bertz CT molecular complexity index is 425. The van der Waals surface area contributed by atoms with Gasteiger partial charge in [-0.25, -0.2) is 0 Å². The van der Waals surface area contributed by atoms with Crippen LogP contribution in [0.1, 0.15) is 38.6 Å². The van der Waals surface area contributed by atoms with E-state index in [-0.39, 0.29) is 5.91 Å². The molecule has 0 aliphatic carbocycles. The number of nitrogen functional groups attached to an aromatic ring is 1. The molecule has 0 unspecified atom stereocenters. The van der Waals surface area contributed by atoms with Crippen LogP contribution in [0.3, 0.4) is 0 Å². The average Bonchev–Trinajstić information content (AvgIpc) is 2.90. The van der Waals surface area contributed by atoms with Crippen LogP contribution >= 0.6 is 0 Å². The molecule has 2 N–H and O–H groups in total. The first kappa shape index (κ1) is 14.8. The number of likely N-dealkylation sites (tertiary alicyclic amines) is 1. The molecule has 20 heavy (non-hydrogen) atoms. The molecule has 1 amide bonds. The lowest BCUT2D eigenvalue weighted by molar-refractivity contribution is -0.132. The number of hydrogen-bond acceptors (Lipinski definition) is 4. The van der Waals surface area contributed by atoms with Gasteiger partial charge in [0.2, 0.25) is 5.91 Å². The van der Waals surface area contributed by atoms with E-state index >= 15 is 0 Å². The Labute approximate surface area is 119 Å². The molecule has 2 heterocycles. The summed E-state index contributed by atoms with van der Waals surface area (Å²) in [6, 6.07) is 2.17. The summed E-state index contributed by atoms with van der Waals surface area (Å²) in [6.07, 6.45) is 5.19. The number of ether oxygens (including phenoxy) is 1. The van der Waals surface area contributed by atoms with E-state index in [9.17, 15) is 4.79 Å². The third-order valence-electron chi connectivity index (χ3n) is 3.70. The predicted molar refractivity (Wildman–Crippen MR) is 77.2 cm³/mol. The van der Waals surface area contributed by atoms with E-state index in [0.717, 1.165) is 32.4 Å². The maximum absolute atomic E-state index is 12.0. The van der Waals surface area contributed by atoms with Gasteiger partial charge >= 0.3 is 0 Å². The highest BCUT2D eigenvalue weighted by molar-refractivity contribution is 5.76. The van der Waals surface area contributed by atoms with Crippen molar-refractivity contribution in [2.75, 3.05) is 32.0 Å². The van der Waals surface area contributed by atoms with E-state index in [4.69, 9.17) is 10.5 Å². The number of piperidine rings is 1. The summed E-state index contributed by atoms with van der Waals surface area (Å²) in [5.74, 6) is 0.794. The van der Waals surface area contributed by atoms with Gasteiger partial charge in [-0.3, -0.25) is 9.48 Å². The van der Waals surface area contributed by atoms with Crippen LogP contribution in [0, 0.1) is 0 Å². The summed E-state index contributed by atoms with van der Waals surface area (Å²) in [4.78, 5) is 14.0. The number of anilines is 1. The van der Waals surface area contributed by atoms with Crippen molar-refractivity contribution in [1.29, 1.82) is 0 Å². The first-order valence-electron chi connectivity index (χ1n) is 7.37. The zero-order valence-corrected chi connectivity index (χ0v) is 12.1. The van der Waals surface area contributed by atoms with Crippen LogP contribution in [0.4, 0.5) is 5.82 Å². The molecule has 0 aromatic carbocycles. The summed E-state index contributed by atoms with van der Waals surface area (Å²) in [7, 11) is 0. The highest BCUT2D eigenvalue weighted by atomic mass is 16.5. The molecule has 0 atom stereocenters. The van der Waals surface area contributed by atoms with Crippen molar-refractivity contribution in [3.8, 4) is 0 Å². The second kappa shape index (κ2) is 7.28. The van der Waals surface area contributed by atoms with Crippen LogP contribution in [0.5, 0.6) is 0 Å². The lowest BCUT2D eigenvalue weighted by Crippen LogP contribution is -2.39. The number of nitrogens with zero attached hydrogens (tertiary/aromatic N) is 3. The fourth-order valence-corrected chi connectivity index (χ4v) is 2.56. The van der Waals surface area contributed by atoms with Crippen molar-refractivity contribution in [3.05, 3.63) is 12.3 Å². The summed E-state index contributed by atoms with van der Waals surface area (Å²) < 4.78 is 7.18. The summed E-state index contributed by atoms with van der Waals surface area (Å²) >= 11 is 0. The molecule has 1 aliphatic rings. The van der Waals surface area contributed by atoms with Crippen molar-refractivity contribution in [1.82, 2.24) is 14.7 Å². The van der Waals surface area contributed by atoms with Crippen molar-refractivity contribution in [2.45, 2.75) is 38.6 Å². The third kappa shape index (κ3) is 3.96. The van der Waals surface area contributed by atoms with Gasteiger partial charge in [0.1, 0.15) is 5.82 Å². The molecule has 1 aliphatic heterocycles. The zero-order valence-electron chi connectivity index (χ0n) is 12.1. The third-order valence-corrected chi connectivity index (χ3v) is 3.70. The number of aromatic nitrogens is 2. The van der Waals surface area contributed by atoms with Gasteiger partial charge in [-0.2, -0.15) is 5.10 Å². The van der Waals surface area contributed by atoms with Gasteiger partial charge in [0.05, 0.1) is 6.04 Å². The molecule has 0 spiro atoms. The topological polar surface area (TPSA) is 73.4 Å². The number of carbonyl (C=O) groups excluding carboxylic acids is 1. The number of nitrogens with two attached hydrogens (primary N) is 1. The molecular formula is C14H24N4O2. The molecule has 0 bridgehead atoms. The van der Waals surface area contributed by atoms with Gasteiger partial charge < -0.3 is 15.4 Å². The smallest absolute Gasteiger partial charge is 0.222 e. The highest BCUT2D eigenvalue weighted by Gasteiger charge is 2.23. The van der Waals surface area contributed by atoms with Crippen LogP contribution in [0.2, 0.25) is 0 Å². The standard InChI is InChI=1S/C14H24N4O2/c1-2-20-11-3-4-14(19)17-8-5-12(6-9-17)18-10-7-13(15)16-18/h7,10,12H,2-6,8-9,11H2,1H3,(H2,15,16). The van der Waals surface area contributed by atoms with E-state index < -0.39 is 0 Å². The fraction of sp³-hybridized carbons (Fsp3) is 0.714. The van der Waals surface area contributed by atoms with Gasteiger partial charge in [0, 0.05) is 38.9 Å². The molecular weight excluding hydrogens is 256 g/mol. The Morgan fingerprint density at radius 1 is 1.50 bits per heavy atom. The van der Waals surface area contributed by atoms with E-state index in [1.165, 1.54) is 0 Å². The van der Waals surface area contributed by atoms with Crippen LogP contribution in [0.25, 0.3) is 0 Å². The number of hydrogen-bond donors (Lipinski definition) is 1. The lowest BCUT2D eigenvalue weighted by atomic mass is 10.0. The summed E-state index contributed by atoms with van der Waals surface area (Å²) in [5.41, 5.74) is 5.63. The number of carbonyl (C=O) groups is 1. The second-order valence-corrected chi connectivity index (χ2v) is 5.13. The van der Waals surface area contributed by atoms with Gasteiger partial charge in [-0.15, -0.1) is 0 Å². The fourth-order valence-electron chi connectivity index (χ4n) is 2.56. The van der Waals surface area contributed by atoms with Gasteiger partial charge in [-0.05, 0) is 32.3 Å². The average molecular weight is 280 g/mol. The largest absolute Gasteiger partial charge is 0.382 e. The first-order valence-corrected chi connectivity index (χ1v) is 7.37. The molecule has 0 saturated carbocycles. The lowest BCUT2D eigenvalue weighted by Gasteiger charge is -2.32. The van der Waals surface area contributed by atoms with Crippen LogP contribution in [0.15, 0.2) is 12.3 Å². The van der Waals surface area contributed by atoms with E-state index in [0.29, 0.717) is 31.5 Å². The Hall–Kier alpha value is -1.56. The molecule has 1 saturated heterocycles. The predicted octanol–water partition coefficient (Wildman–Crippen LogP) is 1.45. The summed E-state index contributed by atoms with van der Waals surface area (Å²) in [6.45, 7) is 4.96. The molecule has 1 aromatic heterocycles. The zero-order chi connectivity index (χ0) is 14.4. The molecule has 1 aromatic rings. The van der Waals surface area contributed by atoms with E-state index in [1.807, 2.05) is 28.8 Å². The van der Waals surface area contributed by atoms with Crippen molar-refractivity contribution in [2.24, 2.45) is 0 Å². The van der Waals surface area contributed by atoms with Gasteiger partial charge in [0.15, 0.2) is 0 Å². The van der Waals surface area contributed by atoms with Gasteiger partial charge in [0.25, 0.3) is 0 Å². The maximum Gasteiger partial charge on any atom is 0.222 e. The van der Waals surface area contributed by atoms with Gasteiger partial charge in [-0.1, -0.05) is 0 Å². The van der Waals surface area contributed by atoms with E-state index in [2.05, 4.69) is 5.10 Å². The molecule has 112 valence electrons. The van der Waals surface area contributed by atoms with E-state index in [1.54, 1.807) is 0 Å². The molecule has 6 heteroatoms. The molecule has 2 rings (SSSR count). The maximum atomic E-state index is 12.0. The second-order valence-electron chi connectivity index (χ2n) is 5.13. The van der Waals surface area contributed by atoms with Crippen molar-refractivity contribution < 1.29 is 9.53 Å². The molecule has 0 radical (unpaired) electrons. The van der Waals surface area contributed by atoms with Crippen LogP contribution < -0.4 is 5.73 Å². The molecule has 6 nitrogen and oxygen atoms in total. The van der Waals surface area contributed by atoms with Crippen molar-refractivity contribution in [3.63, 3.8) is 0 Å². The minimum Gasteiger partial charge on any atom is -0.382 e. The minimum absolute atomic E-state index is 0.239. The SMILES string of the molecule is CCOCCCC(=O)N1CCC(n2ccc(N)n2)CC1. The first-order chi connectivity index (χ1) is 9.70. The molecule has 1 fully saturated rings. The quantitative estimate of drug-likeness (QED) is 0.800. The number of rotatable bonds is 6. The normalized spacial score (nSPS) is 16.6. The van der Waals surface area contributed by atoms with Crippen LogP contribution in [-0.2, 0) is 9.53 Å². The minimum atomic E-state index is 0.239.